The van der Waals surface area contributed by atoms with Crippen molar-refractivity contribution in [1.29, 1.82) is 5.26 Å². The van der Waals surface area contributed by atoms with E-state index >= 15 is 0 Å². The van der Waals surface area contributed by atoms with Gasteiger partial charge < -0.3 is 9.80 Å². The number of nitrogens with zero attached hydrogens (tertiary/aromatic N) is 5. The summed E-state index contributed by atoms with van der Waals surface area (Å²) in [5, 5.41) is 13.2. The average molecular weight is 541 g/mol. The van der Waals surface area contributed by atoms with Crippen molar-refractivity contribution in [2.75, 3.05) is 18.0 Å². The number of alkyl halides is 9. The Bertz CT molecular complexity index is 1110. The van der Waals surface area contributed by atoms with E-state index in [1.807, 2.05) is 6.92 Å². The summed E-state index contributed by atoms with van der Waals surface area (Å²) in [6.45, 7) is 1.22. The number of rotatable bonds is 9. The van der Waals surface area contributed by atoms with Crippen LogP contribution in [0.3, 0.4) is 0 Å². The van der Waals surface area contributed by atoms with Crippen molar-refractivity contribution in [3.63, 3.8) is 0 Å². The molecule has 0 saturated heterocycles. The number of aryl methyl sites for hydroxylation is 1. The van der Waals surface area contributed by atoms with Crippen LogP contribution in [0, 0.1) is 17.4 Å². The maximum Gasteiger partial charge on any atom is 0.435 e. The minimum Gasteiger partial charge on any atom is -0.356 e. The van der Waals surface area contributed by atoms with Crippen LogP contribution in [0.4, 0.5) is 45.3 Å². The van der Waals surface area contributed by atoms with Crippen LogP contribution in [0.5, 0.6) is 0 Å². The van der Waals surface area contributed by atoms with Crippen molar-refractivity contribution in [2.45, 2.75) is 57.8 Å². The number of anilines is 1. The van der Waals surface area contributed by atoms with Crippen molar-refractivity contribution in [2.24, 2.45) is 13.0 Å². The molecule has 1 saturated carbocycles. The van der Waals surface area contributed by atoms with Gasteiger partial charge in [0.1, 0.15) is 5.82 Å². The molecule has 0 unspecified atom stereocenters. The van der Waals surface area contributed by atoms with Crippen molar-refractivity contribution in [1.82, 2.24) is 14.7 Å². The summed E-state index contributed by atoms with van der Waals surface area (Å²) >= 11 is 0. The predicted molar refractivity (Wildman–Crippen MR) is 115 cm³/mol. The third-order valence-corrected chi connectivity index (χ3v) is 5.86. The van der Waals surface area contributed by atoms with Crippen LogP contribution in [0.15, 0.2) is 18.2 Å². The Morgan fingerprint density at radius 2 is 1.51 bits per heavy atom. The highest BCUT2D eigenvalue weighted by molar-refractivity contribution is 5.52. The van der Waals surface area contributed by atoms with Crippen molar-refractivity contribution in [3.8, 4) is 6.19 Å². The van der Waals surface area contributed by atoms with Crippen LogP contribution in [0.25, 0.3) is 0 Å². The normalized spacial score (nSPS) is 14.5. The molecule has 0 aliphatic heterocycles. The molecule has 1 aromatic carbocycles. The van der Waals surface area contributed by atoms with Gasteiger partial charge in [0, 0.05) is 25.7 Å². The highest BCUT2D eigenvalue weighted by Crippen LogP contribution is 2.40. The summed E-state index contributed by atoms with van der Waals surface area (Å²) in [5.41, 5.74) is -5.31. The van der Waals surface area contributed by atoms with Gasteiger partial charge >= 0.3 is 18.5 Å². The standard InChI is InChI=1S/C23H24F9N5/c1-3-6-37(11-14-4-5-14)20-18(19(23(30,31)32)34-35(20)2)12-36(13-33)10-15-7-16(21(24,25)26)9-17(8-15)22(27,28)29/h7-9,14H,3-6,10-12H2,1-2H3. The molecule has 5 nitrogen and oxygen atoms in total. The first-order valence-electron chi connectivity index (χ1n) is 11.4. The second-order valence-corrected chi connectivity index (χ2v) is 9.03. The van der Waals surface area contributed by atoms with Gasteiger partial charge in [-0.15, -0.1) is 0 Å². The van der Waals surface area contributed by atoms with Crippen LogP contribution in [0.1, 0.15) is 54.1 Å². The SMILES string of the molecule is CCCN(CC1CC1)c1c(CN(C#N)Cc2cc(C(F)(F)F)cc(C(F)(F)F)c2)c(C(F)(F)F)nn1C. The fraction of sp³-hybridized carbons (Fsp3) is 0.565. The van der Waals surface area contributed by atoms with Gasteiger partial charge in [-0.1, -0.05) is 6.92 Å². The monoisotopic (exact) mass is 541 g/mol. The van der Waals surface area contributed by atoms with Gasteiger partial charge in [0.15, 0.2) is 11.9 Å². The molecule has 14 heteroatoms. The van der Waals surface area contributed by atoms with E-state index in [2.05, 4.69) is 5.10 Å². The molecule has 204 valence electrons. The number of nitriles is 1. The molecule has 37 heavy (non-hydrogen) atoms. The third-order valence-electron chi connectivity index (χ3n) is 5.86. The van der Waals surface area contributed by atoms with E-state index in [9.17, 15) is 44.8 Å². The second kappa shape index (κ2) is 10.3. The Hall–Kier alpha value is -3.11. The largest absolute Gasteiger partial charge is 0.435 e. The number of hydrogen-bond donors (Lipinski definition) is 0. The molecule has 0 N–H and O–H groups in total. The minimum absolute atomic E-state index is 0.0539. The summed E-state index contributed by atoms with van der Waals surface area (Å²) in [4.78, 5) is 2.42. The lowest BCUT2D eigenvalue weighted by Crippen LogP contribution is -2.30. The van der Waals surface area contributed by atoms with Gasteiger partial charge in [-0.25, -0.2) is 0 Å². The molecule has 0 spiro atoms. The van der Waals surface area contributed by atoms with Crippen molar-refractivity contribution >= 4 is 5.82 Å². The third kappa shape index (κ3) is 7.01. The molecule has 1 heterocycles. The highest BCUT2D eigenvalue weighted by Gasteiger charge is 2.41. The quantitative estimate of drug-likeness (QED) is 0.204. The van der Waals surface area contributed by atoms with Crippen molar-refractivity contribution < 1.29 is 39.5 Å². The van der Waals surface area contributed by atoms with Gasteiger partial charge in [-0.3, -0.25) is 4.68 Å². The first-order chi connectivity index (χ1) is 17.0. The van der Waals surface area contributed by atoms with Gasteiger partial charge in [-0.05, 0) is 48.9 Å². The molecule has 2 aromatic rings. The summed E-state index contributed by atoms with van der Waals surface area (Å²) in [6, 6.07) is 0.845. The van der Waals surface area contributed by atoms with E-state index in [0.29, 0.717) is 42.5 Å². The highest BCUT2D eigenvalue weighted by atomic mass is 19.4. The average Bonchev–Trinajstić information content (AvgIpc) is 3.52. The smallest absolute Gasteiger partial charge is 0.356 e. The van der Waals surface area contributed by atoms with E-state index in [0.717, 1.165) is 17.5 Å². The lowest BCUT2D eigenvalue weighted by Gasteiger charge is -2.27. The molecule has 1 fully saturated rings. The van der Waals surface area contributed by atoms with E-state index in [-0.39, 0.29) is 17.4 Å². The lowest BCUT2D eigenvalue weighted by molar-refractivity contribution is -0.144. The summed E-state index contributed by atoms with van der Waals surface area (Å²) in [5.74, 6) is 0.406. The first-order valence-corrected chi connectivity index (χ1v) is 11.4. The summed E-state index contributed by atoms with van der Waals surface area (Å²) in [6.07, 6.45) is -11.1. The summed E-state index contributed by atoms with van der Waals surface area (Å²) < 4.78 is 122. The second-order valence-electron chi connectivity index (χ2n) is 9.03. The number of aromatic nitrogens is 2. The van der Waals surface area contributed by atoms with E-state index in [1.54, 1.807) is 11.1 Å². The molecule has 1 aliphatic rings. The molecule has 0 amide bonds. The zero-order chi connectivity index (χ0) is 27.8. The number of benzene rings is 1. The lowest BCUT2D eigenvalue weighted by atomic mass is 10.0. The maximum atomic E-state index is 13.9. The van der Waals surface area contributed by atoms with Gasteiger partial charge in [-0.2, -0.15) is 49.9 Å². The van der Waals surface area contributed by atoms with Crippen LogP contribution >= 0.6 is 0 Å². The van der Waals surface area contributed by atoms with E-state index in [4.69, 9.17) is 0 Å². The van der Waals surface area contributed by atoms with Crippen LogP contribution in [0.2, 0.25) is 0 Å². The zero-order valence-corrected chi connectivity index (χ0v) is 19.9. The topological polar surface area (TPSA) is 48.1 Å². The van der Waals surface area contributed by atoms with Crippen molar-refractivity contribution in [3.05, 3.63) is 46.1 Å². The molecule has 0 bridgehead atoms. The molecule has 0 radical (unpaired) electrons. The zero-order valence-electron chi connectivity index (χ0n) is 19.9. The predicted octanol–water partition coefficient (Wildman–Crippen LogP) is 6.59. The van der Waals surface area contributed by atoms with Gasteiger partial charge in [0.05, 0.1) is 24.2 Å². The molecular formula is C23H24F9N5. The summed E-state index contributed by atoms with van der Waals surface area (Å²) in [7, 11) is 1.32. The van der Waals surface area contributed by atoms with Gasteiger partial charge in [0.2, 0.25) is 0 Å². The van der Waals surface area contributed by atoms with Crippen LogP contribution < -0.4 is 4.90 Å². The fourth-order valence-electron chi connectivity index (χ4n) is 4.14. The Morgan fingerprint density at radius 3 is 1.95 bits per heavy atom. The molecular weight excluding hydrogens is 517 g/mol. The Morgan fingerprint density at radius 1 is 0.946 bits per heavy atom. The minimum atomic E-state index is -5.10. The Kier molecular flexibility index (Phi) is 7.95. The van der Waals surface area contributed by atoms with E-state index < -0.39 is 54.0 Å². The molecule has 3 rings (SSSR count). The maximum absolute atomic E-state index is 13.9. The fourth-order valence-corrected chi connectivity index (χ4v) is 4.14. The number of halogens is 9. The van der Waals surface area contributed by atoms with Crippen LogP contribution in [-0.2, 0) is 38.7 Å². The Labute approximate surface area is 207 Å². The van der Waals surface area contributed by atoms with E-state index in [1.165, 1.54) is 7.05 Å². The number of hydrogen-bond acceptors (Lipinski definition) is 4. The Balaban J connectivity index is 2.02. The van der Waals surface area contributed by atoms with Gasteiger partial charge in [0.25, 0.3) is 0 Å². The molecule has 1 aromatic heterocycles. The first kappa shape index (κ1) is 28.5. The molecule has 0 atom stereocenters. The van der Waals surface area contributed by atoms with Crippen LogP contribution in [-0.4, -0.2) is 27.8 Å². The molecule has 1 aliphatic carbocycles.